The molecule has 1 atom stereocenters. The van der Waals surface area contributed by atoms with E-state index in [1.807, 2.05) is 0 Å². The van der Waals surface area contributed by atoms with Gasteiger partial charge in [-0.25, -0.2) is 9.50 Å². The van der Waals surface area contributed by atoms with E-state index in [2.05, 4.69) is 15.1 Å². The summed E-state index contributed by atoms with van der Waals surface area (Å²) < 4.78 is 80.9. The first kappa shape index (κ1) is 20.9. The zero-order valence-electron chi connectivity index (χ0n) is 14.5. The molecule has 1 unspecified atom stereocenters. The molecular weight excluding hydrogens is 424 g/mol. The predicted molar refractivity (Wildman–Crippen MR) is 89.9 cm³/mol. The highest BCUT2D eigenvalue weighted by Crippen LogP contribution is 2.41. The van der Waals surface area contributed by atoms with E-state index in [4.69, 9.17) is 16.9 Å². The van der Waals surface area contributed by atoms with Crippen LogP contribution in [0.3, 0.4) is 0 Å². The maximum Gasteiger partial charge on any atom is 0.418 e. The van der Waals surface area contributed by atoms with Crippen molar-refractivity contribution in [1.29, 1.82) is 5.26 Å². The average Bonchev–Trinajstić information content (AvgIpc) is 3.03. The molecule has 0 fully saturated rings. The van der Waals surface area contributed by atoms with Gasteiger partial charge in [0.1, 0.15) is 16.8 Å². The summed E-state index contributed by atoms with van der Waals surface area (Å²) in [5.41, 5.74) is -2.80. The normalized spacial score (nSPS) is 13.5. The number of alkyl halides is 6. The van der Waals surface area contributed by atoms with Crippen LogP contribution in [0.4, 0.5) is 26.3 Å². The van der Waals surface area contributed by atoms with Crippen molar-refractivity contribution in [2.24, 2.45) is 5.92 Å². The summed E-state index contributed by atoms with van der Waals surface area (Å²) >= 11 is 6.10. The van der Waals surface area contributed by atoms with Gasteiger partial charge in [0, 0.05) is 12.6 Å². The number of aromatic nitrogens is 4. The Balaban J connectivity index is 2.38. The first-order chi connectivity index (χ1) is 13.4. The van der Waals surface area contributed by atoms with E-state index in [9.17, 15) is 26.3 Å². The summed E-state index contributed by atoms with van der Waals surface area (Å²) in [7, 11) is 0. The molecule has 3 rings (SSSR count). The van der Waals surface area contributed by atoms with E-state index >= 15 is 0 Å². The van der Waals surface area contributed by atoms with E-state index in [0.29, 0.717) is 0 Å². The van der Waals surface area contributed by atoms with Crippen molar-refractivity contribution in [2.45, 2.75) is 25.7 Å². The third-order valence-corrected chi connectivity index (χ3v) is 4.50. The van der Waals surface area contributed by atoms with Crippen LogP contribution in [0.5, 0.6) is 0 Å². The molecule has 12 heteroatoms. The second kappa shape index (κ2) is 7.18. The SMILES string of the molecule is CC(Cc1c(-c2ncccc2C(F)(F)F)c(Cl)nc2c(C#N)cnn12)C(F)(F)F. The van der Waals surface area contributed by atoms with Crippen LogP contribution in [0.25, 0.3) is 16.9 Å². The number of rotatable bonds is 3. The number of nitriles is 1. The van der Waals surface area contributed by atoms with E-state index in [1.165, 1.54) is 0 Å². The number of pyridine rings is 1. The Morgan fingerprint density at radius 1 is 1.24 bits per heavy atom. The van der Waals surface area contributed by atoms with Gasteiger partial charge < -0.3 is 0 Å². The van der Waals surface area contributed by atoms with Crippen molar-refractivity contribution in [3.63, 3.8) is 0 Å². The summed E-state index contributed by atoms with van der Waals surface area (Å²) in [6.45, 7) is 0.877. The van der Waals surface area contributed by atoms with E-state index in [-0.39, 0.29) is 16.9 Å². The fourth-order valence-corrected chi connectivity index (χ4v) is 3.04. The van der Waals surface area contributed by atoms with Crippen molar-refractivity contribution in [3.05, 3.63) is 46.5 Å². The second-order valence-corrected chi connectivity index (χ2v) is 6.53. The lowest BCUT2D eigenvalue weighted by Crippen LogP contribution is -2.24. The van der Waals surface area contributed by atoms with Gasteiger partial charge in [-0.2, -0.15) is 36.7 Å². The van der Waals surface area contributed by atoms with Crippen LogP contribution in [0.1, 0.15) is 23.7 Å². The maximum absolute atomic E-state index is 13.5. The van der Waals surface area contributed by atoms with Gasteiger partial charge in [-0.15, -0.1) is 0 Å². The van der Waals surface area contributed by atoms with Gasteiger partial charge in [-0.1, -0.05) is 18.5 Å². The highest BCUT2D eigenvalue weighted by Gasteiger charge is 2.39. The summed E-state index contributed by atoms with van der Waals surface area (Å²) in [5, 5.41) is 12.5. The molecule has 0 bridgehead atoms. The van der Waals surface area contributed by atoms with E-state index in [1.54, 1.807) is 6.07 Å². The van der Waals surface area contributed by atoms with Gasteiger partial charge in [0.05, 0.1) is 34.6 Å². The highest BCUT2D eigenvalue weighted by molar-refractivity contribution is 6.32. The lowest BCUT2D eigenvalue weighted by molar-refractivity contribution is -0.169. The lowest BCUT2D eigenvalue weighted by Gasteiger charge is -2.20. The fourth-order valence-electron chi connectivity index (χ4n) is 2.76. The van der Waals surface area contributed by atoms with Gasteiger partial charge in [0.2, 0.25) is 0 Å². The van der Waals surface area contributed by atoms with Crippen molar-refractivity contribution in [1.82, 2.24) is 19.6 Å². The molecule has 152 valence electrons. The zero-order chi connectivity index (χ0) is 21.6. The van der Waals surface area contributed by atoms with Crippen LogP contribution in [0.2, 0.25) is 5.15 Å². The standard InChI is InChI=1S/C17H10ClF6N5/c1-8(16(19,20)21)5-11-12(13-10(17(22,23)24)3-2-4-26-13)14(18)28-15-9(6-25)7-27-29(11)15/h2-4,7-8H,5H2,1H3. The minimum atomic E-state index is -4.84. The Labute approximate surface area is 164 Å². The van der Waals surface area contributed by atoms with Crippen LogP contribution in [-0.4, -0.2) is 25.8 Å². The number of halogens is 7. The van der Waals surface area contributed by atoms with Crippen LogP contribution in [0.15, 0.2) is 24.5 Å². The van der Waals surface area contributed by atoms with Crippen molar-refractivity contribution >= 4 is 17.2 Å². The molecule has 0 aromatic carbocycles. The maximum atomic E-state index is 13.5. The molecule has 3 aromatic heterocycles. The Morgan fingerprint density at radius 2 is 1.93 bits per heavy atom. The highest BCUT2D eigenvalue weighted by atomic mass is 35.5. The molecule has 0 N–H and O–H groups in total. The Kier molecular flexibility index (Phi) is 5.17. The lowest BCUT2D eigenvalue weighted by atomic mass is 9.98. The van der Waals surface area contributed by atoms with E-state index < -0.39 is 46.7 Å². The number of fused-ring (bicyclic) bond motifs is 1. The Morgan fingerprint density at radius 3 is 2.52 bits per heavy atom. The fraction of sp³-hybridized carbons (Fsp3) is 0.294. The molecule has 5 nitrogen and oxygen atoms in total. The van der Waals surface area contributed by atoms with Gasteiger partial charge in [0.15, 0.2) is 5.65 Å². The number of hydrogen-bond donors (Lipinski definition) is 0. The third-order valence-electron chi connectivity index (χ3n) is 4.23. The molecule has 0 saturated carbocycles. The quantitative estimate of drug-likeness (QED) is 0.427. The molecule has 0 radical (unpaired) electrons. The predicted octanol–water partition coefficient (Wildman–Crippen LogP) is 5.08. The third kappa shape index (κ3) is 3.85. The van der Waals surface area contributed by atoms with E-state index in [0.717, 1.165) is 36.0 Å². The molecule has 3 aromatic rings. The summed E-state index contributed by atoms with van der Waals surface area (Å²) in [4.78, 5) is 7.60. The molecule has 0 amide bonds. The molecule has 29 heavy (non-hydrogen) atoms. The van der Waals surface area contributed by atoms with Gasteiger partial charge in [-0.3, -0.25) is 4.98 Å². The van der Waals surface area contributed by atoms with Crippen LogP contribution in [0, 0.1) is 17.2 Å². The smallest absolute Gasteiger partial charge is 0.255 e. The van der Waals surface area contributed by atoms with Crippen LogP contribution < -0.4 is 0 Å². The van der Waals surface area contributed by atoms with Crippen molar-refractivity contribution < 1.29 is 26.3 Å². The van der Waals surface area contributed by atoms with Gasteiger partial charge in [-0.05, 0) is 12.1 Å². The molecular formula is C17H10ClF6N5. The second-order valence-electron chi connectivity index (χ2n) is 6.17. The van der Waals surface area contributed by atoms with Crippen molar-refractivity contribution in [3.8, 4) is 17.3 Å². The molecule has 0 aliphatic carbocycles. The summed E-state index contributed by atoms with van der Waals surface area (Å²) in [6.07, 6.45) is -8.10. The first-order valence-corrected chi connectivity index (χ1v) is 8.38. The molecule has 0 aliphatic rings. The topological polar surface area (TPSA) is 66.9 Å². The largest absolute Gasteiger partial charge is 0.418 e. The Hall–Kier alpha value is -2.87. The summed E-state index contributed by atoms with van der Waals surface area (Å²) in [5.74, 6) is -1.93. The zero-order valence-corrected chi connectivity index (χ0v) is 15.2. The molecule has 0 saturated heterocycles. The number of nitrogens with zero attached hydrogens (tertiary/aromatic N) is 5. The Bertz CT molecular complexity index is 1110. The average molecular weight is 434 g/mol. The summed E-state index contributed by atoms with van der Waals surface area (Å²) in [6, 6.07) is 3.55. The molecule has 3 heterocycles. The minimum Gasteiger partial charge on any atom is -0.255 e. The molecule has 0 spiro atoms. The first-order valence-electron chi connectivity index (χ1n) is 8.00. The van der Waals surface area contributed by atoms with Gasteiger partial charge in [0.25, 0.3) is 0 Å². The minimum absolute atomic E-state index is 0.0866. The number of hydrogen-bond acceptors (Lipinski definition) is 4. The van der Waals surface area contributed by atoms with Crippen LogP contribution in [-0.2, 0) is 12.6 Å². The van der Waals surface area contributed by atoms with Crippen molar-refractivity contribution in [2.75, 3.05) is 0 Å². The monoisotopic (exact) mass is 433 g/mol. The molecule has 0 aliphatic heterocycles. The van der Waals surface area contributed by atoms with Gasteiger partial charge >= 0.3 is 12.4 Å². The van der Waals surface area contributed by atoms with Crippen LogP contribution >= 0.6 is 11.6 Å².